The lowest BCUT2D eigenvalue weighted by atomic mass is 10.1. The molecule has 2 rings (SSSR count). The third-order valence-corrected chi connectivity index (χ3v) is 4.47. The minimum Gasteiger partial charge on any atom is -0.375 e. The second-order valence-corrected chi connectivity index (χ2v) is 6.59. The van der Waals surface area contributed by atoms with Crippen LogP contribution < -0.4 is 10.6 Å². The molecule has 8 heteroatoms. The molecule has 0 bridgehead atoms. The van der Waals surface area contributed by atoms with Crippen LogP contribution >= 0.6 is 35.6 Å². The summed E-state index contributed by atoms with van der Waals surface area (Å²) in [6.45, 7) is 3.96. The Labute approximate surface area is 177 Å². The van der Waals surface area contributed by atoms with Crippen molar-refractivity contribution in [1.29, 1.82) is 0 Å². The monoisotopic (exact) mass is 494 g/mol. The largest absolute Gasteiger partial charge is 0.375 e. The topological polar surface area (TPSA) is 66.0 Å². The molecular weight excluding hydrogens is 467 g/mol. The van der Waals surface area contributed by atoms with Crippen molar-refractivity contribution in [2.75, 3.05) is 33.8 Å². The molecule has 2 atom stereocenters. The highest BCUT2D eigenvalue weighted by Gasteiger charge is 2.23. The molecule has 1 saturated heterocycles. The maximum Gasteiger partial charge on any atom is 0.222 e. The molecular formula is C18H28ClIN4O2. The lowest BCUT2D eigenvalue weighted by Gasteiger charge is -2.31. The van der Waals surface area contributed by atoms with Gasteiger partial charge >= 0.3 is 0 Å². The van der Waals surface area contributed by atoms with Gasteiger partial charge in [-0.3, -0.25) is 9.79 Å². The Morgan fingerprint density at radius 1 is 1.50 bits per heavy atom. The molecule has 1 aromatic rings. The normalized spacial score (nSPS) is 18.9. The first-order chi connectivity index (χ1) is 12.0. The van der Waals surface area contributed by atoms with E-state index in [2.05, 4.69) is 15.6 Å². The third-order valence-electron chi connectivity index (χ3n) is 4.23. The highest BCUT2D eigenvalue weighted by atomic mass is 127. The average molecular weight is 495 g/mol. The molecule has 0 aromatic heterocycles. The number of likely N-dealkylation sites (tertiary alicyclic amines) is 1. The second kappa shape index (κ2) is 11.6. The van der Waals surface area contributed by atoms with Crippen molar-refractivity contribution < 1.29 is 9.53 Å². The summed E-state index contributed by atoms with van der Waals surface area (Å²) in [6, 6.07) is 7.83. The number of guanidine groups is 1. The number of halogens is 2. The van der Waals surface area contributed by atoms with Gasteiger partial charge in [-0.25, -0.2) is 0 Å². The molecule has 1 heterocycles. The van der Waals surface area contributed by atoms with Gasteiger partial charge in [-0.1, -0.05) is 23.7 Å². The van der Waals surface area contributed by atoms with Crippen LogP contribution in [0.1, 0.15) is 31.4 Å². The lowest BCUT2D eigenvalue weighted by molar-refractivity contribution is -0.132. The van der Waals surface area contributed by atoms with Gasteiger partial charge in [0.1, 0.15) is 6.10 Å². The highest BCUT2D eigenvalue weighted by molar-refractivity contribution is 14.0. The van der Waals surface area contributed by atoms with Gasteiger partial charge in [0, 0.05) is 44.7 Å². The van der Waals surface area contributed by atoms with E-state index in [0.717, 1.165) is 24.5 Å². The molecule has 1 aromatic carbocycles. The van der Waals surface area contributed by atoms with Crippen molar-refractivity contribution in [2.24, 2.45) is 4.99 Å². The second-order valence-electron chi connectivity index (χ2n) is 6.15. The molecule has 1 fully saturated rings. The molecule has 2 unspecified atom stereocenters. The van der Waals surface area contributed by atoms with E-state index in [-0.39, 0.29) is 42.0 Å². The minimum atomic E-state index is -0.162. The van der Waals surface area contributed by atoms with E-state index in [4.69, 9.17) is 16.3 Å². The molecule has 1 amide bonds. The number of carbonyl (C=O) groups excluding carboxylic acids is 1. The fraction of sp³-hybridized carbons (Fsp3) is 0.556. The number of ether oxygens (including phenoxy) is 1. The van der Waals surface area contributed by atoms with Gasteiger partial charge in [0.2, 0.25) is 5.91 Å². The Balaban J connectivity index is 0.00000338. The van der Waals surface area contributed by atoms with Crippen LogP contribution in [0.15, 0.2) is 29.3 Å². The van der Waals surface area contributed by atoms with Gasteiger partial charge in [0.15, 0.2) is 5.96 Å². The van der Waals surface area contributed by atoms with E-state index in [1.807, 2.05) is 38.2 Å². The first kappa shape index (κ1) is 23.0. The summed E-state index contributed by atoms with van der Waals surface area (Å²) in [4.78, 5) is 18.0. The van der Waals surface area contributed by atoms with Crippen molar-refractivity contribution in [3.8, 4) is 0 Å². The maximum atomic E-state index is 11.6. The van der Waals surface area contributed by atoms with Crippen molar-refractivity contribution >= 4 is 47.4 Å². The van der Waals surface area contributed by atoms with Crippen LogP contribution in [0.4, 0.5) is 0 Å². The fourth-order valence-electron chi connectivity index (χ4n) is 2.84. The lowest BCUT2D eigenvalue weighted by Crippen LogP contribution is -2.51. The number of carbonyl (C=O) groups is 1. The summed E-state index contributed by atoms with van der Waals surface area (Å²) >= 11 is 6.06. The van der Waals surface area contributed by atoms with Crippen molar-refractivity contribution in [3.63, 3.8) is 0 Å². The Morgan fingerprint density at radius 3 is 2.88 bits per heavy atom. The van der Waals surface area contributed by atoms with Crippen molar-refractivity contribution in [2.45, 2.75) is 31.9 Å². The van der Waals surface area contributed by atoms with E-state index in [1.54, 1.807) is 12.0 Å². The summed E-state index contributed by atoms with van der Waals surface area (Å²) in [5.41, 5.74) is 0.998. The minimum absolute atomic E-state index is 0. The zero-order valence-corrected chi connectivity index (χ0v) is 18.6. The Bertz CT molecular complexity index is 615. The van der Waals surface area contributed by atoms with E-state index in [0.29, 0.717) is 24.5 Å². The Morgan fingerprint density at radius 2 is 2.27 bits per heavy atom. The molecule has 0 saturated carbocycles. The zero-order chi connectivity index (χ0) is 18.2. The predicted octanol–water partition coefficient (Wildman–Crippen LogP) is 2.82. The SMILES string of the molecule is CCNC(=NCC(OC)c1cccc(Cl)c1)NC1CCC(=O)N(C)C1.I. The third kappa shape index (κ3) is 6.92. The van der Waals surface area contributed by atoms with E-state index < -0.39 is 0 Å². The van der Waals surface area contributed by atoms with Gasteiger partial charge in [0.05, 0.1) is 6.54 Å². The average Bonchev–Trinajstić information content (AvgIpc) is 2.59. The molecule has 26 heavy (non-hydrogen) atoms. The van der Waals surface area contributed by atoms with E-state index >= 15 is 0 Å². The smallest absolute Gasteiger partial charge is 0.222 e. The number of rotatable bonds is 6. The Hall–Kier alpha value is -1.06. The summed E-state index contributed by atoms with van der Waals surface area (Å²) in [5, 5.41) is 7.35. The molecule has 2 N–H and O–H groups in total. The summed E-state index contributed by atoms with van der Waals surface area (Å²) in [5.74, 6) is 0.930. The summed E-state index contributed by atoms with van der Waals surface area (Å²) in [7, 11) is 3.50. The molecule has 0 spiro atoms. The van der Waals surface area contributed by atoms with Crippen molar-refractivity contribution in [1.82, 2.24) is 15.5 Å². The molecule has 0 radical (unpaired) electrons. The van der Waals surface area contributed by atoms with Crippen LogP contribution in [0.5, 0.6) is 0 Å². The number of benzene rings is 1. The quantitative estimate of drug-likeness (QED) is 0.363. The molecule has 146 valence electrons. The first-order valence-electron chi connectivity index (χ1n) is 8.60. The molecule has 6 nitrogen and oxygen atoms in total. The van der Waals surface area contributed by atoms with Gasteiger partial charge in [-0.2, -0.15) is 0 Å². The molecule has 1 aliphatic heterocycles. The predicted molar refractivity (Wildman–Crippen MR) is 116 cm³/mol. The number of piperidine rings is 1. The van der Waals surface area contributed by atoms with E-state index in [1.165, 1.54) is 0 Å². The van der Waals surface area contributed by atoms with Crippen LogP contribution in [-0.4, -0.2) is 56.6 Å². The maximum absolute atomic E-state index is 11.6. The van der Waals surface area contributed by atoms with Gasteiger partial charge in [-0.15, -0.1) is 24.0 Å². The number of nitrogens with zero attached hydrogens (tertiary/aromatic N) is 2. The van der Waals surface area contributed by atoms with Crippen LogP contribution in [0.25, 0.3) is 0 Å². The highest BCUT2D eigenvalue weighted by Crippen LogP contribution is 2.20. The number of amides is 1. The first-order valence-corrected chi connectivity index (χ1v) is 8.98. The van der Waals surface area contributed by atoms with Crippen LogP contribution in [0.2, 0.25) is 5.02 Å². The van der Waals surface area contributed by atoms with Gasteiger partial charge in [0.25, 0.3) is 0 Å². The fourth-order valence-corrected chi connectivity index (χ4v) is 3.04. The van der Waals surface area contributed by atoms with E-state index in [9.17, 15) is 4.79 Å². The van der Waals surface area contributed by atoms with Crippen LogP contribution in [0, 0.1) is 0 Å². The zero-order valence-electron chi connectivity index (χ0n) is 15.5. The van der Waals surface area contributed by atoms with Crippen LogP contribution in [-0.2, 0) is 9.53 Å². The summed E-state index contributed by atoms with van der Waals surface area (Å²) in [6.07, 6.45) is 1.22. The number of hydrogen-bond donors (Lipinski definition) is 2. The van der Waals surface area contributed by atoms with Crippen molar-refractivity contribution in [3.05, 3.63) is 34.9 Å². The molecule has 1 aliphatic rings. The van der Waals surface area contributed by atoms with Crippen LogP contribution in [0.3, 0.4) is 0 Å². The standard InChI is InChI=1S/C18H27ClN4O2.HI/c1-4-20-18(22-15-8-9-17(24)23(2)12-15)21-11-16(25-3)13-6-5-7-14(19)10-13;/h5-7,10,15-16H,4,8-9,11-12H2,1-3H3,(H2,20,21,22);1H. The summed E-state index contributed by atoms with van der Waals surface area (Å²) < 4.78 is 5.57. The number of nitrogens with one attached hydrogen (secondary N) is 2. The Kier molecular flexibility index (Phi) is 10.3. The van der Waals surface area contributed by atoms with Gasteiger partial charge < -0.3 is 20.3 Å². The van der Waals surface area contributed by atoms with Gasteiger partial charge in [-0.05, 0) is 31.0 Å². The number of aliphatic imine (C=N–C) groups is 1. The number of hydrogen-bond acceptors (Lipinski definition) is 3. The number of methoxy groups -OCH3 is 1. The molecule has 0 aliphatic carbocycles. The number of likely N-dealkylation sites (N-methyl/N-ethyl adjacent to an activating group) is 1.